The summed E-state index contributed by atoms with van der Waals surface area (Å²) in [5.41, 5.74) is 5.58. The number of aliphatic hydroxyl groups is 1. The number of hydrogen-bond donors (Lipinski definition) is 3. The molecule has 0 aliphatic rings. The van der Waals surface area contributed by atoms with E-state index in [-0.39, 0.29) is 6.04 Å². The van der Waals surface area contributed by atoms with Crippen molar-refractivity contribution in [2.45, 2.75) is 30.6 Å². The summed E-state index contributed by atoms with van der Waals surface area (Å²) in [5.74, 6) is 0.394. The van der Waals surface area contributed by atoms with Gasteiger partial charge in [0.15, 0.2) is 0 Å². The quantitative estimate of drug-likeness (QED) is 0.623. The van der Waals surface area contributed by atoms with Gasteiger partial charge in [-0.15, -0.1) is 0 Å². The van der Waals surface area contributed by atoms with E-state index in [4.69, 9.17) is 10.8 Å². The summed E-state index contributed by atoms with van der Waals surface area (Å²) < 4.78 is -1.74. The Morgan fingerprint density at radius 3 is 2.42 bits per heavy atom. The van der Waals surface area contributed by atoms with E-state index in [0.29, 0.717) is 12.3 Å². The van der Waals surface area contributed by atoms with Gasteiger partial charge in [-0.2, -0.15) is 0 Å². The second kappa shape index (κ2) is 5.72. The molecule has 0 rings (SSSR count). The SMILES string of the molecule is CC(C)C[C@H](N)[C@@H](O)[Au][C](=O)O. The van der Waals surface area contributed by atoms with Crippen molar-refractivity contribution < 1.29 is 34.8 Å². The fraction of sp³-hybridized carbons (Fsp3) is 0.857. The average Bonchev–Trinajstić information content (AvgIpc) is 1.84. The first kappa shape index (κ1) is 12.1. The molecule has 0 aromatic carbocycles. The van der Waals surface area contributed by atoms with Crippen molar-refractivity contribution in [3.05, 3.63) is 0 Å². The number of rotatable bonds is 5. The summed E-state index contributed by atoms with van der Waals surface area (Å²) in [5, 5.41) is 17.7. The molecule has 0 aliphatic carbocycles. The van der Waals surface area contributed by atoms with Gasteiger partial charge in [-0.05, 0) is 0 Å². The van der Waals surface area contributed by atoms with Crippen molar-refractivity contribution >= 4 is 4.19 Å². The Balaban J connectivity index is 3.76. The standard InChI is InChI=1S/C6H14NO.CHO2.Au/c1-5(2)3-6(7)4-8;2-1-3;/h4-6,8H,3,7H2,1-2H3;(H,2,3);/t6-;;/m0../s1. The first-order valence-corrected chi connectivity index (χ1v) is 5.98. The molecule has 2 atom stereocenters. The summed E-state index contributed by atoms with van der Waals surface area (Å²) in [6.45, 7) is 3.98. The zero-order valence-corrected chi connectivity index (χ0v) is 9.29. The fourth-order valence-corrected chi connectivity index (χ4v) is 2.09. The van der Waals surface area contributed by atoms with Gasteiger partial charge in [0.05, 0.1) is 0 Å². The van der Waals surface area contributed by atoms with Crippen molar-refractivity contribution in [2.24, 2.45) is 11.7 Å². The number of carboxylic acid groups (broad SMARTS) is 1. The average molecular weight is 358 g/mol. The maximum absolute atomic E-state index is 10.2. The monoisotopic (exact) mass is 358 g/mol. The summed E-state index contributed by atoms with van der Waals surface area (Å²) in [6.07, 6.45) is 0.672. The molecular weight excluding hydrogens is 343 g/mol. The molecule has 0 aliphatic heterocycles. The van der Waals surface area contributed by atoms with Crippen LogP contribution in [0.5, 0.6) is 0 Å². The van der Waals surface area contributed by atoms with Crippen LogP contribution < -0.4 is 5.73 Å². The van der Waals surface area contributed by atoms with Crippen LogP contribution >= 0.6 is 0 Å². The molecule has 0 bridgehead atoms. The van der Waals surface area contributed by atoms with Gasteiger partial charge in [-0.1, -0.05) is 0 Å². The second-order valence-electron chi connectivity index (χ2n) is 2.93. The van der Waals surface area contributed by atoms with Gasteiger partial charge in [-0.25, -0.2) is 0 Å². The fourth-order valence-electron chi connectivity index (χ4n) is 0.787. The van der Waals surface area contributed by atoms with E-state index in [2.05, 4.69) is 0 Å². The van der Waals surface area contributed by atoms with Crippen molar-refractivity contribution in [1.29, 1.82) is 0 Å². The van der Waals surface area contributed by atoms with Gasteiger partial charge in [0.1, 0.15) is 0 Å². The Labute approximate surface area is 81.5 Å². The van der Waals surface area contributed by atoms with E-state index >= 15 is 0 Å². The van der Waals surface area contributed by atoms with E-state index in [9.17, 15) is 9.90 Å². The van der Waals surface area contributed by atoms with Crippen LogP contribution in [0.2, 0.25) is 0 Å². The predicted octanol–water partition coefficient (Wildman–Crippen LogP) is 0.439. The van der Waals surface area contributed by atoms with Gasteiger partial charge >= 0.3 is 81.2 Å². The van der Waals surface area contributed by atoms with Crippen LogP contribution in [-0.2, 0) is 19.8 Å². The molecule has 0 heterocycles. The molecule has 0 amide bonds. The zero-order valence-electron chi connectivity index (χ0n) is 7.12. The van der Waals surface area contributed by atoms with E-state index in [1.165, 1.54) is 0 Å². The predicted molar refractivity (Wildman–Crippen MR) is 41.5 cm³/mol. The first-order valence-electron chi connectivity index (χ1n) is 3.65. The Morgan fingerprint density at radius 2 is 2.08 bits per heavy atom. The van der Waals surface area contributed by atoms with Crippen LogP contribution in [-0.4, -0.2) is 24.8 Å². The number of nitrogens with two attached hydrogens (primary N) is 1. The normalized spacial score (nSPS) is 16.4. The van der Waals surface area contributed by atoms with Gasteiger partial charge in [0.2, 0.25) is 0 Å². The van der Waals surface area contributed by atoms with Crippen LogP contribution in [0.15, 0.2) is 0 Å². The van der Waals surface area contributed by atoms with E-state index < -0.39 is 28.3 Å². The van der Waals surface area contributed by atoms with Crippen LogP contribution in [0.1, 0.15) is 20.3 Å². The maximum atomic E-state index is 10.2. The third-order valence-electron chi connectivity index (χ3n) is 1.23. The van der Waals surface area contributed by atoms with Gasteiger partial charge in [-0.3, -0.25) is 0 Å². The molecule has 0 saturated heterocycles. The Morgan fingerprint density at radius 1 is 1.58 bits per heavy atom. The molecule has 12 heavy (non-hydrogen) atoms. The third-order valence-corrected chi connectivity index (χ3v) is 3.33. The summed E-state index contributed by atoms with van der Waals surface area (Å²) >= 11 is -1.11. The second-order valence-corrected chi connectivity index (χ2v) is 5.76. The molecule has 0 unspecified atom stereocenters. The third kappa shape index (κ3) is 5.74. The van der Waals surface area contributed by atoms with Gasteiger partial charge in [0, 0.05) is 0 Å². The molecule has 5 heteroatoms. The molecular formula is C7H15AuNO3. The molecule has 0 aromatic rings. The van der Waals surface area contributed by atoms with Gasteiger partial charge < -0.3 is 0 Å². The summed E-state index contributed by atoms with van der Waals surface area (Å²) in [4.78, 5) is 10.2. The Hall–Kier alpha value is 0.130. The number of hydrogen-bond acceptors (Lipinski definition) is 3. The van der Waals surface area contributed by atoms with Crippen molar-refractivity contribution in [3.63, 3.8) is 0 Å². The van der Waals surface area contributed by atoms with E-state index in [1.807, 2.05) is 13.8 Å². The first-order chi connectivity index (χ1) is 5.43. The number of carbonyl (C=O) groups is 1. The van der Waals surface area contributed by atoms with Crippen molar-refractivity contribution in [1.82, 2.24) is 0 Å². The number of aliphatic hydroxyl groups excluding tert-OH is 1. The van der Waals surface area contributed by atoms with Gasteiger partial charge in [0.25, 0.3) is 0 Å². The molecule has 0 spiro atoms. The zero-order chi connectivity index (χ0) is 9.72. The van der Waals surface area contributed by atoms with E-state index in [1.54, 1.807) is 0 Å². The minimum atomic E-state index is -1.11. The molecule has 0 fully saturated rings. The minimum absolute atomic E-state index is 0.386. The molecule has 0 radical (unpaired) electrons. The van der Waals surface area contributed by atoms with Crippen LogP contribution in [0.3, 0.4) is 0 Å². The Bertz CT molecular complexity index is 152. The van der Waals surface area contributed by atoms with E-state index in [0.717, 1.165) is 0 Å². The summed E-state index contributed by atoms with van der Waals surface area (Å²) in [7, 11) is 0. The van der Waals surface area contributed by atoms with Crippen LogP contribution in [0, 0.1) is 5.92 Å². The van der Waals surface area contributed by atoms with Crippen LogP contribution in [0.4, 0.5) is 4.79 Å². The molecule has 4 N–H and O–H groups in total. The molecule has 77 valence electrons. The van der Waals surface area contributed by atoms with Crippen molar-refractivity contribution in [3.8, 4) is 0 Å². The molecule has 0 aromatic heterocycles. The molecule has 4 nitrogen and oxygen atoms in total. The summed E-state index contributed by atoms with van der Waals surface area (Å²) in [6, 6.07) is -0.386. The Kier molecular flexibility index (Phi) is 5.78. The molecule has 0 saturated carbocycles. The van der Waals surface area contributed by atoms with Crippen LogP contribution in [0.25, 0.3) is 0 Å². The van der Waals surface area contributed by atoms with Crippen molar-refractivity contribution in [2.75, 3.05) is 0 Å². The topological polar surface area (TPSA) is 83.5 Å².